The SMILES string of the molecule is COCCOC(=O)C1=C(C)N(c2ccc(OC)cc2)C(=O)NC1c1ccccc1C(=O)OC. The van der Waals surface area contributed by atoms with E-state index in [0.717, 1.165) is 0 Å². The van der Waals surface area contributed by atoms with Crippen LogP contribution >= 0.6 is 0 Å². The predicted octanol–water partition coefficient (Wildman–Crippen LogP) is 3.22. The Labute approximate surface area is 191 Å². The fourth-order valence-electron chi connectivity index (χ4n) is 3.62. The number of carbonyl (C=O) groups is 3. The molecule has 0 radical (unpaired) electrons. The summed E-state index contributed by atoms with van der Waals surface area (Å²) in [6, 6.07) is 12.1. The molecule has 9 nitrogen and oxygen atoms in total. The van der Waals surface area contributed by atoms with Crippen LogP contribution in [0, 0.1) is 0 Å². The standard InChI is InChI=1S/C24H26N2O7/c1-15-20(23(28)33-14-13-30-2)21(18-7-5-6-8-19(18)22(27)32-4)25-24(29)26(15)16-9-11-17(31-3)12-10-16/h5-12,21H,13-14H2,1-4H3,(H,25,29). The van der Waals surface area contributed by atoms with Crippen molar-refractivity contribution in [3.63, 3.8) is 0 Å². The number of hydrogen-bond acceptors (Lipinski definition) is 7. The van der Waals surface area contributed by atoms with E-state index in [1.54, 1.807) is 62.6 Å². The molecule has 1 heterocycles. The number of hydrogen-bond donors (Lipinski definition) is 1. The minimum atomic E-state index is -0.919. The van der Waals surface area contributed by atoms with E-state index in [1.165, 1.54) is 19.1 Å². The molecular weight excluding hydrogens is 428 g/mol. The van der Waals surface area contributed by atoms with Crippen molar-refractivity contribution in [1.82, 2.24) is 5.32 Å². The maximum absolute atomic E-state index is 13.2. The molecule has 3 rings (SSSR count). The number of nitrogens with zero attached hydrogens (tertiary/aromatic N) is 1. The lowest BCUT2D eigenvalue weighted by atomic mass is 9.91. The van der Waals surface area contributed by atoms with Gasteiger partial charge in [0.05, 0.1) is 43.7 Å². The van der Waals surface area contributed by atoms with Crippen molar-refractivity contribution in [3.8, 4) is 5.75 Å². The Bertz CT molecular complexity index is 1060. The van der Waals surface area contributed by atoms with Crippen LogP contribution in [0.1, 0.15) is 28.9 Å². The summed E-state index contributed by atoms with van der Waals surface area (Å²) in [5, 5.41) is 2.84. The molecule has 9 heteroatoms. The van der Waals surface area contributed by atoms with E-state index < -0.39 is 24.0 Å². The van der Waals surface area contributed by atoms with E-state index in [0.29, 0.717) is 22.7 Å². The molecule has 2 aromatic carbocycles. The number of urea groups is 1. The molecule has 0 fully saturated rings. The first kappa shape index (κ1) is 23.8. The highest BCUT2D eigenvalue weighted by molar-refractivity contribution is 6.04. The molecule has 2 aromatic rings. The lowest BCUT2D eigenvalue weighted by Gasteiger charge is -2.35. The second-order valence-electron chi connectivity index (χ2n) is 7.12. The molecule has 0 bridgehead atoms. The van der Waals surface area contributed by atoms with Gasteiger partial charge in [-0.1, -0.05) is 18.2 Å². The normalized spacial score (nSPS) is 15.7. The highest BCUT2D eigenvalue weighted by atomic mass is 16.6. The Morgan fingerprint density at radius 2 is 1.67 bits per heavy atom. The number of esters is 2. The van der Waals surface area contributed by atoms with Crippen LogP contribution in [0.15, 0.2) is 59.8 Å². The van der Waals surface area contributed by atoms with Crippen molar-refractivity contribution in [2.75, 3.05) is 39.4 Å². The molecule has 1 atom stereocenters. The molecule has 1 aliphatic rings. The fraction of sp³-hybridized carbons (Fsp3) is 0.292. The summed E-state index contributed by atoms with van der Waals surface area (Å²) in [6.07, 6.45) is 0. The molecule has 0 aliphatic carbocycles. The number of nitrogens with one attached hydrogen (secondary N) is 1. The van der Waals surface area contributed by atoms with Crippen LogP contribution in [0.3, 0.4) is 0 Å². The zero-order valence-electron chi connectivity index (χ0n) is 18.9. The monoisotopic (exact) mass is 454 g/mol. The number of methoxy groups -OCH3 is 3. The lowest BCUT2D eigenvalue weighted by Crippen LogP contribution is -2.48. The maximum atomic E-state index is 13.2. The first-order chi connectivity index (χ1) is 15.9. The first-order valence-electron chi connectivity index (χ1n) is 10.2. The number of carbonyl (C=O) groups excluding carboxylic acids is 3. The minimum absolute atomic E-state index is 0.0357. The summed E-state index contributed by atoms with van der Waals surface area (Å²) in [6.45, 7) is 1.91. The van der Waals surface area contributed by atoms with Crippen LogP contribution in [-0.2, 0) is 19.0 Å². The number of benzene rings is 2. The number of ether oxygens (including phenoxy) is 4. The number of allylic oxidation sites excluding steroid dienone is 1. The van der Waals surface area contributed by atoms with Crippen LogP contribution in [0.25, 0.3) is 0 Å². The molecule has 2 amide bonds. The number of anilines is 1. The van der Waals surface area contributed by atoms with Gasteiger partial charge in [0.2, 0.25) is 0 Å². The molecule has 0 aromatic heterocycles. The third kappa shape index (κ3) is 4.98. The summed E-state index contributed by atoms with van der Waals surface area (Å²) in [7, 11) is 4.32. The van der Waals surface area contributed by atoms with Crippen molar-refractivity contribution < 1.29 is 33.3 Å². The molecular formula is C24H26N2O7. The van der Waals surface area contributed by atoms with Crippen molar-refractivity contribution in [2.24, 2.45) is 0 Å². The highest BCUT2D eigenvalue weighted by Gasteiger charge is 2.38. The Kier molecular flexibility index (Phi) is 7.68. The largest absolute Gasteiger partial charge is 0.497 e. The van der Waals surface area contributed by atoms with Gasteiger partial charge < -0.3 is 24.3 Å². The molecule has 0 saturated heterocycles. The molecule has 0 spiro atoms. The molecule has 1 unspecified atom stereocenters. The van der Waals surface area contributed by atoms with Gasteiger partial charge >= 0.3 is 18.0 Å². The van der Waals surface area contributed by atoms with E-state index in [1.807, 2.05) is 0 Å². The average Bonchev–Trinajstić information content (AvgIpc) is 2.83. The van der Waals surface area contributed by atoms with Gasteiger partial charge in [-0.05, 0) is 42.8 Å². The topological polar surface area (TPSA) is 103 Å². The van der Waals surface area contributed by atoms with Gasteiger partial charge in [0, 0.05) is 12.8 Å². The van der Waals surface area contributed by atoms with Gasteiger partial charge in [0.15, 0.2) is 0 Å². The van der Waals surface area contributed by atoms with Crippen molar-refractivity contribution >= 4 is 23.7 Å². The third-order valence-electron chi connectivity index (χ3n) is 5.23. The van der Waals surface area contributed by atoms with Crippen LogP contribution in [-0.4, -0.2) is 52.5 Å². The van der Waals surface area contributed by atoms with E-state index in [-0.39, 0.29) is 24.4 Å². The fourth-order valence-corrected chi connectivity index (χ4v) is 3.62. The second kappa shape index (κ2) is 10.6. The molecule has 1 aliphatic heterocycles. The highest BCUT2D eigenvalue weighted by Crippen LogP contribution is 2.36. The van der Waals surface area contributed by atoms with Gasteiger partial charge in [-0.15, -0.1) is 0 Å². The summed E-state index contributed by atoms with van der Waals surface area (Å²) < 4.78 is 20.4. The first-order valence-corrected chi connectivity index (χ1v) is 10.2. The van der Waals surface area contributed by atoms with Crippen molar-refractivity contribution in [3.05, 3.63) is 70.9 Å². The molecule has 174 valence electrons. The maximum Gasteiger partial charge on any atom is 0.338 e. The van der Waals surface area contributed by atoms with Crippen LogP contribution in [0.2, 0.25) is 0 Å². The number of rotatable bonds is 8. The Balaban J connectivity index is 2.12. The molecule has 1 N–H and O–H groups in total. The summed E-state index contributed by atoms with van der Waals surface area (Å²) >= 11 is 0. The summed E-state index contributed by atoms with van der Waals surface area (Å²) in [4.78, 5) is 40.1. The Hall–Kier alpha value is -3.85. The van der Waals surface area contributed by atoms with E-state index >= 15 is 0 Å². The van der Waals surface area contributed by atoms with Gasteiger partial charge in [-0.25, -0.2) is 14.4 Å². The van der Waals surface area contributed by atoms with Crippen LogP contribution < -0.4 is 15.0 Å². The quantitative estimate of drug-likeness (QED) is 0.483. The zero-order chi connectivity index (χ0) is 24.0. The smallest absolute Gasteiger partial charge is 0.338 e. The molecule has 33 heavy (non-hydrogen) atoms. The van der Waals surface area contributed by atoms with Gasteiger partial charge in [-0.3, -0.25) is 4.90 Å². The number of amides is 2. The van der Waals surface area contributed by atoms with Gasteiger partial charge in [0.1, 0.15) is 12.4 Å². The van der Waals surface area contributed by atoms with Crippen molar-refractivity contribution in [2.45, 2.75) is 13.0 Å². The summed E-state index contributed by atoms with van der Waals surface area (Å²) in [5.41, 5.74) is 1.75. The van der Waals surface area contributed by atoms with Crippen LogP contribution in [0.4, 0.5) is 10.5 Å². The Morgan fingerprint density at radius 1 is 0.970 bits per heavy atom. The predicted molar refractivity (Wildman–Crippen MR) is 120 cm³/mol. The van der Waals surface area contributed by atoms with E-state index in [9.17, 15) is 14.4 Å². The van der Waals surface area contributed by atoms with E-state index in [2.05, 4.69) is 5.32 Å². The van der Waals surface area contributed by atoms with Gasteiger partial charge in [0.25, 0.3) is 0 Å². The second-order valence-corrected chi connectivity index (χ2v) is 7.12. The van der Waals surface area contributed by atoms with Crippen molar-refractivity contribution in [1.29, 1.82) is 0 Å². The Morgan fingerprint density at radius 3 is 2.30 bits per heavy atom. The third-order valence-corrected chi connectivity index (χ3v) is 5.23. The minimum Gasteiger partial charge on any atom is -0.497 e. The molecule has 0 saturated carbocycles. The van der Waals surface area contributed by atoms with E-state index in [4.69, 9.17) is 18.9 Å². The average molecular weight is 454 g/mol. The van der Waals surface area contributed by atoms with Crippen LogP contribution in [0.5, 0.6) is 5.75 Å². The lowest BCUT2D eigenvalue weighted by molar-refractivity contribution is -0.140. The zero-order valence-corrected chi connectivity index (χ0v) is 18.9. The van der Waals surface area contributed by atoms with Gasteiger partial charge in [-0.2, -0.15) is 0 Å². The summed E-state index contributed by atoms with van der Waals surface area (Å²) in [5.74, 6) is -0.586.